The van der Waals surface area contributed by atoms with E-state index in [2.05, 4.69) is 5.10 Å². The van der Waals surface area contributed by atoms with Crippen LogP contribution >= 0.6 is 0 Å². The van der Waals surface area contributed by atoms with Crippen LogP contribution in [0.25, 0.3) is 5.69 Å². The SMILES string of the molecule is NC(=O)[C@H]1c2ccccc2CCN1C(=O)c1cccc(-n2cccn2)c1. The van der Waals surface area contributed by atoms with Crippen LogP contribution < -0.4 is 5.73 Å². The molecule has 0 unspecified atom stereocenters. The molecule has 1 aliphatic heterocycles. The van der Waals surface area contributed by atoms with Crippen LogP contribution in [0.5, 0.6) is 0 Å². The van der Waals surface area contributed by atoms with Gasteiger partial charge in [-0.1, -0.05) is 30.3 Å². The van der Waals surface area contributed by atoms with Crippen molar-refractivity contribution in [3.8, 4) is 5.69 Å². The molecule has 0 fully saturated rings. The Bertz CT molecular complexity index is 965. The minimum absolute atomic E-state index is 0.211. The Labute approximate surface area is 150 Å². The van der Waals surface area contributed by atoms with Crippen molar-refractivity contribution in [2.24, 2.45) is 5.73 Å². The quantitative estimate of drug-likeness (QED) is 0.788. The molecule has 1 aromatic heterocycles. The second-order valence-corrected chi connectivity index (χ2v) is 6.25. The first kappa shape index (κ1) is 16.1. The summed E-state index contributed by atoms with van der Waals surface area (Å²) in [6.45, 7) is 0.454. The summed E-state index contributed by atoms with van der Waals surface area (Å²) in [6.07, 6.45) is 4.19. The first-order valence-electron chi connectivity index (χ1n) is 8.43. The Morgan fingerprint density at radius 1 is 1.08 bits per heavy atom. The lowest BCUT2D eigenvalue weighted by atomic mass is 9.91. The van der Waals surface area contributed by atoms with Crippen LogP contribution in [0.3, 0.4) is 0 Å². The molecule has 6 heteroatoms. The maximum absolute atomic E-state index is 13.1. The fourth-order valence-electron chi connectivity index (χ4n) is 3.46. The fraction of sp³-hybridized carbons (Fsp3) is 0.150. The summed E-state index contributed by atoms with van der Waals surface area (Å²) < 4.78 is 1.69. The summed E-state index contributed by atoms with van der Waals surface area (Å²) in [7, 11) is 0. The van der Waals surface area contributed by atoms with Gasteiger partial charge in [0.15, 0.2) is 0 Å². The van der Waals surface area contributed by atoms with Crippen molar-refractivity contribution in [2.75, 3.05) is 6.54 Å². The van der Waals surface area contributed by atoms with E-state index < -0.39 is 11.9 Å². The van der Waals surface area contributed by atoms with Crippen molar-refractivity contribution in [1.82, 2.24) is 14.7 Å². The van der Waals surface area contributed by atoms with Gasteiger partial charge in [-0.2, -0.15) is 5.10 Å². The van der Waals surface area contributed by atoms with Gasteiger partial charge in [0.1, 0.15) is 6.04 Å². The molecule has 0 saturated carbocycles. The van der Waals surface area contributed by atoms with Crippen LogP contribution in [0.1, 0.15) is 27.5 Å². The Hall–Kier alpha value is -3.41. The van der Waals surface area contributed by atoms with Crippen LogP contribution in [0, 0.1) is 0 Å². The van der Waals surface area contributed by atoms with Gasteiger partial charge in [0.2, 0.25) is 5.91 Å². The molecule has 2 heterocycles. The summed E-state index contributed by atoms with van der Waals surface area (Å²) in [5, 5.41) is 4.19. The minimum Gasteiger partial charge on any atom is -0.368 e. The van der Waals surface area contributed by atoms with Gasteiger partial charge in [0, 0.05) is 24.5 Å². The van der Waals surface area contributed by atoms with E-state index in [0.29, 0.717) is 18.5 Å². The summed E-state index contributed by atoms with van der Waals surface area (Å²) in [4.78, 5) is 26.8. The average molecular weight is 346 g/mol. The fourth-order valence-corrected chi connectivity index (χ4v) is 3.46. The van der Waals surface area contributed by atoms with E-state index in [9.17, 15) is 9.59 Å². The third-order valence-electron chi connectivity index (χ3n) is 4.68. The van der Waals surface area contributed by atoms with Crippen LogP contribution in [-0.2, 0) is 11.2 Å². The highest BCUT2D eigenvalue weighted by molar-refractivity contribution is 5.98. The molecule has 0 radical (unpaired) electrons. The Kier molecular flexibility index (Phi) is 4.01. The number of carbonyl (C=O) groups is 2. The molecule has 4 rings (SSSR count). The zero-order valence-corrected chi connectivity index (χ0v) is 14.1. The molecule has 0 saturated heterocycles. The molecule has 2 aromatic carbocycles. The second kappa shape index (κ2) is 6.48. The molecule has 1 aliphatic rings. The Balaban J connectivity index is 1.70. The molecular weight excluding hydrogens is 328 g/mol. The third kappa shape index (κ3) is 2.75. The van der Waals surface area contributed by atoms with Crippen LogP contribution in [0.4, 0.5) is 0 Å². The second-order valence-electron chi connectivity index (χ2n) is 6.25. The molecule has 0 bridgehead atoms. The summed E-state index contributed by atoms with van der Waals surface area (Å²) in [5.74, 6) is -0.731. The topological polar surface area (TPSA) is 81.2 Å². The first-order chi connectivity index (χ1) is 12.6. The molecule has 130 valence electrons. The van der Waals surface area contributed by atoms with Gasteiger partial charge >= 0.3 is 0 Å². The van der Waals surface area contributed by atoms with Gasteiger partial charge in [0.05, 0.1) is 5.69 Å². The van der Waals surface area contributed by atoms with E-state index in [1.807, 2.05) is 42.6 Å². The number of hydrogen-bond acceptors (Lipinski definition) is 3. The number of aromatic nitrogens is 2. The third-order valence-corrected chi connectivity index (χ3v) is 4.68. The lowest BCUT2D eigenvalue weighted by Gasteiger charge is -2.35. The van der Waals surface area contributed by atoms with E-state index in [4.69, 9.17) is 5.73 Å². The van der Waals surface area contributed by atoms with Crippen molar-refractivity contribution >= 4 is 11.8 Å². The lowest BCUT2D eigenvalue weighted by Crippen LogP contribution is -2.45. The molecule has 3 aromatic rings. The molecule has 2 N–H and O–H groups in total. The van der Waals surface area contributed by atoms with Gasteiger partial charge in [-0.25, -0.2) is 4.68 Å². The highest BCUT2D eigenvalue weighted by Crippen LogP contribution is 2.30. The highest BCUT2D eigenvalue weighted by Gasteiger charge is 2.34. The monoisotopic (exact) mass is 346 g/mol. The van der Waals surface area contributed by atoms with Crippen molar-refractivity contribution in [3.63, 3.8) is 0 Å². The van der Waals surface area contributed by atoms with E-state index in [1.165, 1.54) is 0 Å². The average Bonchev–Trinajstić information content (AvgIpc) is 3.21. The molecule has 26 heavy (non-hydrogen) atoms. The Morgan fingerprint density at radius 3 is 2.69 bits per heavy atom. The number of benzene rings is 2. The smallest absolute Gasteiger partial charge is 0.254 e. The zero-order valence-electron chi connectivity index (χ0n) is 14.1. The molecule has 2 amide bonds. The van der Waals surface area contributed by atoms with Crippen LogP contribution in [0.2, 0.25) is 0 Å². The summed E-state index contributed by atoms with van der Waals surface area (Å²) in [5.41, 5.74) is 8.81. The number of nitrogens with zero attached hydrogens (tertiary/aromatic N) is 3. The highest BCUT2D eigenvalue weighted by atomic mass is 16.2. The van der Waals surface area contributed by atoms with Gasteiger partial charge in [0.25, 0.3) is 5.91 Å². The van der Waals surface area contributed by atoms with Crippen molar-refractivity contribution in [1.29, 1.82) is 0 Å². The van der Waals surface area contributed by atoms with E-state index in [-0.39, 0.29) is 5.91 Å². The maximum Gasteiger partial charge on any atom is 0.254 e. The minimum atomic E-state index is -0.749. The predicted molar refractivity (Wildman–Crippen MR) is 96.7 cm³/mol. The number of amides is 2. The van der Waals surface area contributed by atoms with Crippen LogP contribution in [0.15, 0.2) is 67.0 Å². The van der Waals surface area contributed by atoms with Gasteiger partial charge in [-0.05, 0) is 41.8 Å². The summed E-state index contributed by atoms with van der Waals surface area (Å²) >= 11 is 0. The van der Waals surface area contributed by atoms with E-state index >= 15 is 0 Å². The van der Waals surface area contributed by atoms with Gasteiger partial charge < -0.3 is 10.6 Å². The number of fused-ring (bicyclic) bond motifs is 1. The van der Waals surface area contributed by atoms with Gasteiger partial charge in [-0.3, -0.25) is 9.59 Å². The Morgan fingerprint density at radius 2 is 1.92 bits per heavy atom. The number of hydrogen-bond donors (Lipinski definition) is 1. The van der Waals surface area contributed by atoms with E-state index in [1.54, 1.807) is 34.0 Å². The molecule has 0 spiro atoms. The van der Waals surface area contributed by atoms with Crippen LogP contribution in [-0.4, -0.2) is 33.0 Å². The maximum atomic E-state index is 13.1. The molecule has 6 nitrogen and oxygen atoms in total. The van der Waals surface area contributed by atoms with Crippen molar-refractivity contribution in [3.05, 3.63) is 83.7 Å². The van der Waals surface area contributed by atoms with Crippen molar-refractivity contribution < 1.29 is 9.59 Å². The number of nitrogens with two attached hydrogens (primary N) is 1. The van der Waals surface area contributed by atoms with Gasteiger partial charge in [-0.15, -0.1) is 0 Å². The largest absolute Gasteiger partial charge is 0.368 e. The zero-order chi connectivity index (χ0) is 18.1. The molecule has 1 atom stereocenters. The lowest BCUT2D eigenvalue weighted by molar-refractivity contribution is -0.123. The van der Waals surface area contributed by atoms with Crippen molar-refractivity contribution in [2.45, 2.75) is 12.5 Å². The molecular formula is C20H18N4O2. The summed E-state index contributed by atoms with van der Waals surface area (Å²) in [6, 6.07) is 15.9. The normalized spacial score (nSPS) is 16.2. The first-order valence-corrected chi connectivity index (χ1v) is 8.43. The standard InChI is InChI=1S/C20H18N4O2/c21-19(25)18-17-8-2-1-5-14(17)9-12-23(18)20(26)15-6-3-7-16(13-15)24-11-4-10-22-24/h1-8,10-11,13,18H,9,12H2,(H2,21,25)/t18-/m1/s1. The number of rotatable bonds is 3. The predicted octanol–water partition coefficient (Wildman–Crippen LogP) is 2.10. The van der Waals surface area contributed by atoms with E-state index in [0.717, 1.165) is 16.8 Å². The number of primary amides is 1. The number of carbonyl (C=O) groups excluding carboxylic acids is 2. The molecule has 0 aliphatic carbocycles.